The molecule has 3 amide bonds. The Balaban J connectivity index is 1.57. The molecule has 1 aromatic heterocycles. The zero-order valence-electron chi connectivity index (χ0n) is 14.1. The lowest BCUT2D eigenvalue weighted by atomic mass is 10.1. The molecule has 0 aliphatic carbocycles. The van der Waals surface area contributed by atoms with E-state index in [9.17, 15) is 18.0 Å². The highest BCUT2D eigenvalue weighted by molar-refractivity contribution is 7.89. The third-order valence-electron chi connectivity index (χ3n) is 4.37. The third kappa shape index (κ3) is 4.08. The molecule has 142 valence electrons. The van der Waals surface area contributed by atoms with Crippen LogP contribution in [0.15, 0.2) is 18.3 Å². The van der Waals surface area contributed by atoms with Crippen molar-refractivity contribution in [3.05, 3.63) is 23.4 Å². The van der Waals surface area contributed by atoms with Gasteiger partial charge in [-0.15, -0.1) is 0 Å². The van der Waals surface area contributed by atoms with E-state index in [1.807, 2.05) is 0 Å². The number of ether oxygens (including phenoxy) is 1. The number of rotatable bonds is 5. The summed E-state index contributed by atoms with van der Waals surface area (Å²) in [4.78, 5) is 27.2. The van der Waals surface area contributed by atoms with Gasteiger partial charge in [0.15, 0.2) is 0 Å². The first-order valence-corrected chi connectivity index (χ1v) is 10.1. The lowest BCUT2D eigenvalue weighted by Gasteiger charge is -2.33. The molecule has 11 heteroatoms. The fourth-order valence-electron chi connectivity index (χ4n) is 2.97. The van der Waals surface area contributed by atoms with Crippen molar-refractivity contribution < 1.29 is 22.7 Å². The van der Waals surface area contributed by atoms with Gasteiger partial charge in [0.05, 0.1) is 10.8 Å². The average Bonchev–Trinajstić information content (AvgIpc) is 2.81. The minimum Gasteiger partial charge on any atom is -0.474 e. The van der Waals surface area contributed by atoms with Gasteiger partial charge in [-0.3, -0.25) is 10.1 Å². The number of carbonyl (C=O) groups is 2. The van der Waals surface area contributed by atoms with Crippen LogP contribution < -0.4 is 15.4 Å². The number of halogens is 1. The van der Waals surface area contributed by atoms with E-state index in [0.29, 0.717) is 23.7 Å². The van der Waals surface area contributed by atoms with Crippen molar-refractivity contribution in [3.63, 3.8) is 0 Å². The molecule has 2 aliphatic heterocycles. The van der Waals surface area contributed by atoms with E-state index in [1.165, 1.54) is 17.4 Å². The molecule has 2 aliphatic rings. The lowest BCUT2D eigenvalue weighted by molar-refractivity contribution is -0.122. The van der Waals surface area contributed by atoms with Crippen molar-refractivity contribution in [2.45, 2.75) is 31.4 Å². The van der Waals surface area contributed by atoms with Crippen molar-refractivity contribution >= 4 is 33.6 Å². The third-order valence-corrected chi connectivity index (χ3v) is 6.69. The highest BCUT2D eigenvalue weighted by Gasteiger charge is 2.46. The number of pyridine rings is 1. The average molecular weight is 403 g/mol. The van der Waals surface area contributed by atoms with E-state index >= 15 is 0 Å². The van der Waals surface area contributed by atoms with Gasteiger partial charge in [-0.25, -0.2) is 22.5 Å². The summed E-state index contributed by atoms with van der Waals surface area (Å²) >= 11 is 5.78. The first-order valence-electron chi connectivity index (χ1n) is 8.08. The summed E-state index contributed by atoms with van der Waals surface area (Å²) in [7, 11) is -3.71. The Morgan fingerprint density at radius 2 is 2.04 bits per heavy atom. The van der Waals surface area contributed by atoms with Crippen LogP contribution in [0, 0.1) is 0 Å². The van der Waals surface area contributed by atoms with Gasteiger partial charge >= 0.3 is 6.03 Å². The Labute approximate surface area is 156 Å². The van der Waals surface area contributed by atoms with Gasteiger partial charge in [0.25, 0.3) is 5.91 Å². The van der Waals surface area contributed by atoms with E-state index in [0.717, 1.165) is 0 Å². The number of aromatic nitrogens is 1. The van der Waals surface area contributed by atoms with Gasteiger partial charge in [0.2, 0.25) is 15.9 Å². The van der Waals surface area contributed by atoms with Crippen LogP contribution in [0.3, 0.4) is 0 Å². The van der Waals surface area contributed by atoms with Crippen LogP contribution in [0.2, 0.25) is 5.02 Å². The number of sulfonamides is 1. The SMILES string of the molecule is C[C@@]1(CS(=O)(=O)N2CCC(Oc3ccc(Cl)cn3)CC2)NC(=O)NC1=O. The summed E-state index contributed by atoms with van der Waals surface area (Å²) in [6.45, 7) is 1.94. The number of nitrogens with zero attached hydrogens (tertiary/aromatic N) is 2. The molecular weight excluding hydrogens is 384 g/mol. The van der Waals surface area contributed by atoms with Crippen LogP contribution in [0.5, 0.6) is 5.88 Å². The minimum absolute atomic E-state index is 0.153. The number of nitrogens with one attached hydrogen (secondary N) is 2. The molecule has 2 fully saturated rings. The first-order chi connectivity index (χ1) is 12.2. The maximum Gasteiger partial charge on any atom is 0.322 e. The molecule has 9 nitrogen and oxygen atoms in total. The number of imide groups is 1. The highest BCUT2D eigenvalue weighted by Crippen LogP contribution is 2.22. The van der Waals surface area contributed by atoms with Gasteiger partial charge < -0.3 is 10.1 Å². The van der Waals surface area contributed by atoms with Gasteiger partial charge in [-0.05, 0) is 25.8 Å². The van der Waals surface area contributed by atoms with Crippen molar-refractivity contribution in [1.29, 1.82) is 0 Å². The number of piperidine rings is 1. The van der Waals surface area contributed by atoms with Crippen LogP contribution in [0.1, 0.15) is 19.8 Å². The molecule has 0 radical (unpaired) electrons. The number of hydrogen-bond donors (Lipinski definition) is 2. The van der Waals surface area contributed by atoms with Gasteiger partial charge in [-0.1, -0.05) is 11.6 Å². The maximum absolute atomic E-state index is 12.6. The summed E-state index contributed by atoms with van der Waals surface area (Å²) < 4.78 is 32.3. The molecule has 3 heterocycles. The second-order valence-corrected chi connectivity index (χ2v) is 8.93. The number of hydrogen-bond acceptors (Lipinski definition) is 6. The molecule has 0 unspecified atom stereocenters. The van der Waals surface area contributed by atoms with Crippen LogP contribution in [-0.2, 0) is 14.8 Å². The predicted octanol–water partition coefficient (Wildman–Crippen LogP) is 0.506. The van der Waals surface area contributed by atoms with E-state index in [1.54, 1.807) is 12.1 Å². The summed E-state index contributed by atoms with van der Waals surface area (Å²) in [5, 5.41) is 4.94. The Kier molecular flexibility index (Phi) is 5.09. The van der Waals surface area contributed by atoms with E-state index in [-0.39, 0.29) is 19.2 Å². The second kappa shape index (κ2) is 7.01. The largest absolute Gasteiger partial charge is 0.474 e. The summed E-state index contributed by atoms with van der Waals surface area (Å²) in [5.74, 6) is -0.686. The van der Waals surface area contributed by atoms with Crippen molar-refractivity contribution in [3.8, 4) is 5.88 Å². The van der Waals surface area contributed by atoms with E-state index in [4.69, 9.17) is 16.3 Å². The molecule has 0 bridgehead atoms. The summed E-state index contributed by atoms with van der Waals surface area (Å²) in [6, 6.07) is 2.65. The van der Waals surface area contributed by atoms with Crippen molar-refractivity contribution in [2.24, 2.45) is 0 Å². The zero-order chi connectivity index (χ0) is 18.9. The smallest absolute Gasteiger partial charge is 0.322 e. The molecule has 1 aromatic rings. The topological polar surface area (TPSA) is 118 Å². The van der Waals surface area contributed by atoms with Gasteiger partial charge in [-0.2, -0.15) is 0 Å². The Bertz CT molecular complexity index is 808. The fraction of sp³-hybridized carbons (Fsp3) is 0.533. The van der Waals surface area contributed by atoms with Crippen molar-refractivity contribution in [2.75, 3.05) is 18.8 Å². The Morgan fingerprint density at radius 3 is 2.58 bits per heavy atom. The second-order valence-electron chi connectivity index (χ2n) is 6.53. The van der Waals surface area contributed by atoms with Crippen LogP contribution in [0.25, 0.3) is 0 Å². The predicted molar refractivity (Wildman–Crippen MR) is 93.3 cm³/mol. The van der Waals surface area contributed by atoms with Crippen LogP contribution in [-0.4, -0.2) is 60.1 Å². The molecule has 26 heavy (non-hydrogen) atoms. The van der Waals surface area contributed by atoms with Gasteiger partial charge in [0.1, 0.15) is 11.6 Å². The number of urea groups is 1. The summed E-state index contributed by atoms with van der Waals surface area (Å²) in [6.07, 6.45) is 2.33. The van der Waals surface area contributed by atoms with Gasteiger partial charge in [0, 0.05) is 25.4 Å². The first kappa shape index (κ1) is 18.9. The van der Waals surface area contributed by atoms with Crippen molar-refractivity contribution in [1.82, 2.24) is 19.9 Å². The molecule has 0 saturated carbocycles. The Hall–Kier alpha value is -1.91. The minimum atomic E-state index is -3.71. The molecule has 2 saturated heterocycles. The maximum atomic E-state index is 12.6. The van der Waals surface area contributed by atoms with E-state index in [2.05, 4.69) is 15.6 Å². The molecule has 1 atom stereocenters. The lowest BCUT2D eigenvalue weighted by Crippen LogP contribution is -2.53. The Morgan fingerprint density at radius 1 is 1.35 bits per heavy atom. The summed E-state index contributed by atoms with van der Waals surface area (Å²) in [5.41, 5.74) is -1.46. The normalized spacial score (nSPS) is 25.0. The number of amides is 3. The molecule has 2 N–H and O–H groups in total. The molecule has 0 aromatic carbocycles. The monoisotopic (exact) mass is 402 g/mol. The standard InChI is InChI=1S/C15H19ClN4O5S/c1-15(13(21)18-14(22)19-15)9-26(23,24)20-6-4-11(5-7-20)25-12-3-2-10(16)8-17-12/h2-3,8,11H,4-7,9H2,1H3,(H2,18,19,21,22)/t15-/m0/s1. The fourth-order valence-corrected chi connectivity index (χ4v) is 4.96. The molecule has 3 rings (SSSR count). The van der Waals surface area contributed by atoms with E-state index < -0.39 is 33.3 Å². The molecular formula is C15H19ClN4O5S. The van der Waals surface area contributed by atoms with Crippen LogP contribution >= 0.6 is 11.6 Å². The number of carbonyl (C=O) groups excluding carboxylic acids is 2. The highest BCUT2D eigenvalue weighted by atomic mass is 35.5. The zero-order valence-corrected chi connectivity index (χ0v) is 15.6. The molecule has 0 spiro atoms. The quantitative estimate of drug-likeness (QED) is 0.693. The van der Waals surface area contributed by atoms with Crippen LogP contribution in [0.4, 0.5) is 4.79 Å².